The fourth-order valence-electron chi connectivity index (χ4n) is 3.39. The number of halogens is 1. The van der Waals surface area contributed by atoms with E-state index in [0.717, 1.165) is 71.2 Å². The van der Waals surface area contributed by atoms with Crippen molar-refractivity contribution in [3.63, 3.8) is 0 Å². The molecule has 0 saturated carbocycles. The molecule has 9 heteroatoms. The first-order valence-corrected chi connectivity index (χ1v) is 11.7. The lowest BCUT2D eigenvalue weighted by molar-refractivity contribution is 0.0203. The van der Waals surface area contributed by atoms with Gasteiger partial charge in [-0.2, -0.15) is 0 Å². The van der Waals surface area contributed by atoms with Gasteiger partial charge in [-0.15, -0.1) is 24.0 Å². The molecule has 1 aliphatic rings. The highest BCUT2D eigenvalue weighted by atomic mass is 127. The van der Waals surface area contributed by atoms with Crippen LogP contribution < -0.4 is 10.6 Å². The van der Waals surface area contributed by atoms with Crippen molar-refractivity contribution in [3.8, 4) is 0 Å². The maximum absolute atomic E-state index is 12.1. The van der Waals surface area contributed by atoms with Gasteiger partial charge in [0.2, 0.25) is 0 Å². The number of carbonyl (C=O) groups is 1. The van der Waals surface area contributed by atoms with Crippen LogP contribution in [-0.2, 0) is 14.2 Å². The third-order valence-corrected chi connectivity index (χ3v) is 5.30. The molecule has 0 aromatic carbocycles. The zero-order valence-corrected chi connectivity index (χ0v) is 23.6. The minimum atomic E-state index is -0.497. The Hall–Kier alpha value is -0.810. The van der Waals surface area contributed by atoms with Crippen molar-refractivity contribution in [1.82, 2.24) is 15.5 Å². The molecule has 1 rings (SSSR count). The SMILES string of the molecule is CN=C(NCCCOCC1CCOCC1)N(C)CCC(NC(=O)OC(C)(C)C)C(C)C.I. The number of carbonyl (C=O) groups excluding carboxylic acids is 1. The Bertz CT molecular complexity index is 535. The predicted octanol–water partition coefficient (Wildman–Crippen LogP) is 3.88. The van der Waals surface area contributed by atoms with Gasteiger partial charge in [0, 0.05) is 59.7 Å². The molecule has 1 aliphatic heterocycles. The summed E-state index contributed by atoms with van der Waals surface area (Å²) in [4.78, 5) is 18.6. The van der Waals surface area contributed by atoms with Gasteiger partial charge in [0.15, 0.2) is 5.96 Å². The van der Waals surface area contributed by atoms with Gasteiger partial charge < -0.3 is 29.7 Å². The number of guanidine groups is 1. The zero-order chi connectivity index (χ0) is 23.3. The Morgan fingerprint density at radius 1 is 1.25 bits per heavy atom. The van der Waals surface area contributed by atoms with Gasteiger partial charge in [-0.25, -0.2) is 4.79 Å². The maximum Gasteiger partial charge on any atom is 0.407 e. The summed E-state index contributed by atoms with van der Waals surface area (Å²) in [6.45, 7) is 14.7. The molecule has 0 radical (unpaired) electrons. The van der Waals surface area contributed by atoms with Crippen LogP contribution in [-0.4, -0.2) is 82.2 Å². The van der Waals surface area contributed by atoms with E-state index in [-0.39, 0.29) is 36.1 Å². The fraction of sp³-hybridized carbons (Fsp3) is 0.913. The monoisotopic (exact) mass is 570 g/mol. The number of ether oxygens (including phenoxy) is 3. The number of alkyl carbamates (subject to hydrolysis) is 1. The molecule has 1 unspecified atom stereocenters. The smallest absolute Gasteiger partial charge is 0.407 e. The van der Waals surface area contributed by atoms with Crippen LogP contribution in [0.15, 0.2) is 4.99 Å². The largest absolute Gasteiger partial charge is 0.444 e. The number of nitrogens with zero attached hydrogens (tertiary/aromatic N) is 2. The summed E-state index contributed by atoms with van der Waals surface area (Å²) in [6.07, 6.45) is 3.59. The molecular weight excluding hydrogens is 523 g/mol. The molecule has 8 nitrogen and oxygen atoms in total. The molecule has 0 aliphatic carbocycles. The quantitative estimate of drug-likeness (QED) is 0.170. The Kier molecular flexibility index (Phi) is 16.3. The second-order valence-electron chi connectivity index (χ2n) is 9.67. The van der Waals surface area contributed by atoms with Crippen LogP contribution >= 0.6 is 24.0 Å². The summed E-state index contributed by atoms with van der Waals surface area (Å²) in [7, 11) is 3.81. The third-order valence-electron chi connectivity index (χ3n) is 5.30. The maximum atomic E-state index is 12.1. The minimum Gasteiger partial charge on any atom is -0.444 e. The molecule has 32 heavy (non-hydrogen) atoms. The summed E-state index contributed by atoms with van der Waals surface area (Å²) in [5.74, 6) is 1.80. The normalized spacial score (nSPS) is 16.3. The minimum absolute atomic E-state index is 0. The molecule has 0 aromatic rings. The Balaban J connectivity index is 0.00000961. The highest BCUT2D eigenvalue weighted by Gasteiger charge is 2.22. The van der Waals surface area contributed by atoms with Crippen LogP contribution in [0.2, 0.25) is 0 Å². The van der Waals surface area contributed by atoms with Gasteiger partial charge in [0.25, 0.3) is 0 Å². The summed E-state index contributed by atoms with van der Waals surface area (Å²) in [5.41, 5.74) is -0.497. The molecule has 0 aromatic heterocycles. The van der Waals surface area contributed by atoms with Crippen molar-refractivity contribution >= 4 is 36.0 Å². The third kappa shape index (κ3) is 14.4. The van der Waals surface area contributed by atoms with E-state index in [1.807, 2.05) is 27.8 Å². The molecule has 0 bridgehead atoms. The second kappa shape index (κ2) is 16.7. The molecule has 2 N–H and O–H groups in total. The molecule has 1 fully saturated rings. The van der Waals surface area contributed by atoms with E-state index in [0.29, 0.717) is 11.8 Å². The number of hydrogen-bond acceptors (Lipinski definition) is 5. The summed E-state index contributed by atoms with van der Waals surface area (Å²) in [6, 6.07) is 0.0361. The molecule has 0 spiro atoms. The van der Waals surface area contributed by atoms with E-state index in [9.17, 15) is 4.79 Å². The van der Waals surface area contributed by atoms with E-state index in [1.54, 1.807) is 7.05 Å². The van der Waals surface area contributed by atoms with Gasteiger partial charge in [0.05, 0.1) is 0 Å². The Labute approximate surface area is 212 Å². The average molecular weight is 571 g/mol. The van der Waals surface area contributed by atoms with Gasteiger partial charge in [-0.3, -0.25) is 4.99 Å². The molecule has 1 saturated heterocycles. The van der Waals surface area contributed by atoms with E-state index < -0.39 is 5.60 Å². The number of nitrogens with one attached hydrogen (secondary N) is 2. The van der Waals surface area contributed by atoms with Crippen LogP contribution in [0, 0.1) is 11.8 Å². The van der Waals surface area contributed by atoms with Gasteiger partial charge >= 0.3 is 6.09 Å². The number of aliphatic imine (C=N–C) groups is 1. The zero-order valence-electron chi connectivity index (χ0n) is 21.2. The lowest BCUT2D eigenvalue weighted by atomic mass is 10.0. The lowest BCUT2D eigenvalue weighted by Gasteiger charge is -2.28. The highest BCUT2D eigenvalue weighted by Crippen LogP contribution is 2.14. The van der Waals surface area contributed by atoms with Crippen LogP contribution in [0.3, 0.4) is 0 Å². The van der Waals surface area contributed by atoms with Gasteiger partial charge in [-0.05, 0) is 58.3 Å². The van der Waals surface area contributed by atoms with Crippen molar-refractivity contribution in [2.75, 3.05) is 53.6 Å². The molecule has 1 atom stereocenters. The van der Waals surface area contributed by atoms with Gasteiger partial charge in [-0.1, -0.05) is 13.8 Å². The van der Waals surface area contributed by atoms with Crippen LogP contribution in [0.5, 0.6) is 0 Å². The average Bonchev–Trinajstić information content (AvgIpc) is 2.69. The Morgan fingerprint density at radius 2 is 1.91 bits per heavy atom. The first-order valence-electron chi connectivity index (χ1n) is 11.7. The van der Waals surface area contributed by atoms with Crippen LogP contribution in [0.1, 0.15) is 60.3 Å². The standard InChI is InChI=1S/C23H46N4O4.HI/c1-18(2)20(26-22(28)31-23(3,4)5)9-13-27(7)21(24-6)25-12-8-14-30-17-19-10-15-29-16-11-19;/h18-20H,8-17H2,1-7H3,(H,24,25)(H,26,28);1H. The summed E-state index contributed by atoms with van der Waals surface area (Å²) >= 11 is 0. The van der Waals surface area contributed by atoms with Crippen molar-refractivity contribution in [3.05, 3.63) is 0 Å². The molecular formula is C23H47IN4O4. The first kappa shape index (κ1) is 31.2. The Morgan fingerprint density at radius 3 is 2.47 bits per heavy atom. The van der Waals surface area contributed by atoms with Crippen LogP contribution in [0.4, 0.5) is 4.79 Å². The van der Waals surface area contributed by atoms with Crippen molar-refractivity contribution in [1.29, 1.82) is 0 Å². The number of rotatable bonds is 11. The fourth-order valence-corrected chi connectivity index (χ4v) is 3.39. The topological polar surface area (TPSA) is 84.4 Å². The van der Waals surface area contributed by atoms with E-state index >= 15 is 0 Å². The molecule has 190 valence electrons. The summed E-state index contributed by atoms with van der Waals surface area (Å²) in [5, 5.41) is 6.40. The highest BCUT2D eigenvalue weighted by molar-refractivity contribution is 14.0. The molecule has 1 amide bonds. The second-order valence-corrected chi connectivity index (χ2v) is 9.67. The van der Waals surface area contributed by atoms with Crippen molar-refractivity contribution < 1.29 is 19.0 Å². The summed E-state index contributed by atoms with van der Waals surface area (Å²) < 4.78 is 16.6. The number of amides is 1. The number of hydrogen-bond donors (Lipinski definition) is 2. The van der Waals surface area contributed by atoms with E-state index in [4.69, 9.17) is 14.2 Å². The van der Waals surface area contributed by atoms with Crippen LogP contribution in [0.25, 0.3) is 0 Å². The lowest BCUT2D eigenvalue weighted by Crippen LogP contribution is -2.45. The first-order chi connectivity index (χ1) is 14.6. The van der Waals surface area contributed by atoms with E-state index in [2.05, 4.69) is 34.4 Å². The van der Waals surface area contributed by atoms with Crippen molar-refractivity contribution in [2.24, 2.45) is 16.8 Å². The predicted molar refractivity (Wildman–Crippen MR) is 141 cm³/mol. The molecule has 1 heterocycles. The van der Waals surface area contributed by atoms with Crippen molar-refractivity contribution in [2.45, 2.75) is 71.9 Å². The van der Waals surface area contributed by atoms with Gasteiger partial charge in [0.1, 0.15) is 5.60 Å². The van der Waals surface area contributed by atoms with E-state index in [1.165, 1.54) is 0 Å².